The minimum Gasteiger partial charge on any atom is -0.348 e. The molecule has 0 aromatic carbocycles. The number of nitrogens with zero attached hydrogens (tertiary/aromatic N) is 4. The predicted octanol–water partition coefficient (Wildman–Crippen LogP) is -0.439. The van der Waals surface area contributed by atoms with Gasteiger partial charge in [-0.25, -0.2) is 0 Å². The molecule has 0 spiro atoms. The molecular formula is C14H28N4O2. The van der Waals surface area contributed by atoms with Crippen molar-refractivity contribution in [1.82, 2.24) is 19.6 Å². The van der Waals surface area contributed by atoms with E-state index in [-0.39, 0.29) is 11.8 Å². The first kappa shape index (κ1) is 16.9. The highest BCUT2D eigenvalue weighted by Crippen LogP contribution is 2.03. The molecule has 0 atom stereocenters. The van der Waals surface area contributed by atoms with Crippen molar-refractivity contribution < 1.29 is 9.59 Å². The third-order valence-electron chi connectivity index (χ3n) is 3.80. The molecule has 0 aliphatic carbocycles. The number of likely N-dealkylation sites (N-methyl/N-ethyl adjacent to an activating group) is 2. The van der Waals surface area contributed by atoms with Gasteiger partial charge in [0, 0.05) is 53.4 Å². The molecule has 0 aromatic heterocycles. The quantitative estimate of drug-likeness (QED) is 0.663. The van der Waals surface area contributed by atoms with Crippen LogP contribution in [0.15, 0.2) is 0 Å². The first-order valence-corrected chi connectivity index (χ1v) is 7.40. The van der Waals surface area contributed by atoms with E-state index in [2.05, 4.69) is 9.80 Å². The highest BCUT2D eigenvalue weighted by atomic mass is 16.2. The van der Waals surface area contributed by atoms with E-state index in [1.807, 2.05) is 18.7 Å². The van der Waals surface area contributed by atoms with Gasteiger partial charge in [0.2, 0.25) is 11.8 Å². The normalized spacial score (nSPS) is 17.0. The second kappa shape index (κ2) is 8.21. The van der Waals surface area contributed by atoms with Crippen LogP contribution in [0.2, 0.25) is 0 Å². The lowest BCUT2D eigenvalue weighted by Gasteiger charge is -2.35. The fourth-order valence-electron chi connectivity index (χ4n) is 2.31. The number of rotatable bonds is 6. The number of piperazine rings is 1. The fourth-order valence-corrected chi connectivity index (χ4v) is 2.31. The lowest BCUT2D eigenvalue weighted by atomic mass is 10.3. The average molecular weight is 284 g/mol. The van der Waals surface area contributed by atoms with Crippen LogP contribution in [0.4, 0.5) is 0 Å². The van der Waals surface area contributed by atoms with Gasteiger partial charge in [0.05, 0.1) is 13.1 Å². The van der Waals surface area contributed by atoms with E-state index < -0.39 is 0 Å². The monoisotopic (exact) mass is 284 g/mol. The van der Waals surface area contributed by atoms with Crippen LogP contribution in [0.3, 0.4) is 0 Å². The van der Waals surface area contributed by atoms with Gasteiger partial charge in [-0.05, 0) is 13.8 Å². The van der Waals surface area contributed by atoms with Crippen LogP contribution >= 0.6 is 0 Å². The van der Waals surface area contributed by atoms with Crippen LogP contribution in [0, 0.1) is 0 Å². The molecular weight excluding hydrogens is 256 g/mol. The zero-order chi connectivity index (χ0) is 15.1. The van der Waals surface area contributed by atoms with Crippen LogP contribution in [0.5, 0.6) is 0 Å². The topological polar surface area (TPSA) is 47.1 Å². The zero-order valence-electron chi connectivity index (χ0n) is 13.3. The first-order chi connectivity index (χ1) is 9.47. The van der Waals surface area contributed by atoms with E-state index >= 15 is 0 Å². The Labute approximate surface area is 122 Å². The van der Waals surface area contributed by atoms with Crippen molar-refractivity contribution in [2.24, 2.45) is 0 Å². The Kier molecular flexibility index (Phi) is 6.95. The molecule has 0 bridgehead atoms. The van der Waals surface area contributed by atoms with Crippen molar-refractivity contribution in [3.8, 4) is 0 Å². The molecule has 6 nitrogen and oxygen atoms in total. The molecule has 0 radical (unpaired) electrons. The van der Waals surface area contributed by atoms with Gasteiger partial charge < -0.3 is 9.80 Å². The summed E-state index contributed by atoms with van der Waals surface area (Å²) in [5, 5.41) is 0. The number of hydrogen-bond acceptors (Lipinski definition) is 4. The average Bonchev–Trinajstić information content (AvgIpc) is 2.42. The second-order valence-corrected chi connectivity index (χ2v) is 5.41. The smallest absolute Gasteiger partial charge is 0.236 e. The molecule has 2 amide bonds. The molecule has 1 aliphatic heterocycles. The van der Waals surface area contributed by atoms with Crippen molar-refractivity contribution in [2.45, 2.75) is 13.8 Å². The minimum atomic E-state index is 0.137. The third-order valence-corrected chi connectivity index (χ3v) is 3.80. The summed E-state index contributed by atoms with van der Waals surface area (Å²) >= 11 is 0. The van der Waals surface area contributed by atoms with E-state index in [4.69, 9.17) is 0 Å². The summed E-state index contributed by atoms with van der Waals surface area (Å²) in [5.74, 6) is 0.338. The molecule has 1 saturated heterocycles. The Hall–Kier alpha value is -1.14. The van der Waals surface area contributed by atoms with Crippen molar-refractivity contribution in [1.29, 1.82) is 0 Å². The van der Waals surface area contributed by atoms with Crippen LogP contribution < -0.4 is 0 Å². The van der Waals surface area contributed by atoms with Crippen molar-refractivity contribution >= 4 is 11.8 Å². The van der Waals surface area contributed by atoms with Crippen molar-refractivity contribution in [2.75, 3.05) is 66.5 Å². The molecule has 0 aromatic rings. The van der Waals surface area contributed by atoms with Crippen molar-refractivity contribution in [3.05, 3.63) is 0 Å². The van der Waals surface area contributed by atoms with Gasteiger partial charge in [-0.2, -0.15) is 0 Å². The van der Waals surface area contributed by atoms with Crippen LogP contribution in [0.1, 0.15) is 13.8 Å². The molecule has 1 fully saturated rings. The fraction of sp³-hybridized carbons (Fsp3) is 0.857. The van der Waals surface area contributed by atoms with Gasteiger partial charge in [0.1, 0.15) is 0 Å². The molecule has 1 rings (SSSR count). The van der Waals surface area contributed by atoms with Crippen LogP contribution in [-0.4, -0.2) is 97.9 Å². The number of hydrogen-bond donors (Lipinski definition) is 0. The standard InChI is InChI=1S/C14H28N4O2/c1-5-18(6-2)14(20)12-17-9-7-16(8-10-17)11-13(19)15(3)4/h5-12H2,1-4H3. The summed E-state index contributed by atoms with van der Waals surface area (Å²) in [6.07, 6.45) is 0. The Bertz CT molecular complexity index is 321. The van der Waals surface area contributed by atoms with Gasteiger partial charge in [0.25, 0.3) is 0 Å². The molecule has 0 saturated carbocycles. The van der Waals surface area contributed by atoms with Gasteiger partial charge in [-0.1, -0.05) is 0 Å². The van der Waals surface area contributed by atoms with Crippen LogP contribution in [0.25, 0.3) is 0 Å². The molecule has 1 heterocycles. The van der Waals surface area contributed by atoms with E-state index in [0.29, 0.717) is 13.1 Å². The van der Waals surface area contributed by atoms with Crippen LogP contribution in [-0.2, 0) is 9.59 Å². The highest BCUT2D eigenvalue weighted by Gasteiger charge is 2.22. The maximum Gasteiger partial charge on any atom is 0.236 e. The number of amides is 2. The van der Waals surface area contributed by atoms with E-state index in [0.717, 1.165) is 39.3 Å². The lowest BCUT2D eigenvalue weighted by Crippen LogP contribution is -2.51. The molecule has 1 aliphatic rings. The largest absolute Gasteiger partial charge is 0.348 e. The minimum absolute atomic E-state index is 0.137. The summed E-state index contributed by atoms with van der Waals surface area (Å²) in [6, 6.07) is 0. The molecule has 0 N–H and O–H groups in total. The van der Waals surface area contributed by atoms with Gasteiger partial charge in [-0.3, -0.25) is 19.4 Å². The molecule has 0 unspecified atom stereocenters. The zero-order valence-corrected chi connectivity index (χ0v) is 13.3. The summed E-state index contributed by atoms with van der Waals surface area (Å²) in [6.45, 7) is 9.94. The number of carbonyl (C=O) groups is 2. The summed E-state index contributed by atoms with van der Waals surface area (Å²) in [7, 11) is 3.56. The maximum atomic E-state index is 12.0. The van der Waals surface area contributed by atoms with E-state index in [1.165, 1.54) is 0 Å². The van der Waals surface area contributed by atoms with E-state index in [9.17, 15) is 9.59 Å². The van der Waals surface area contributed by atoms with Gasteiger partial charge in [-0.15, -0.1) is 0 Å². The van der Waals surface area contributed by atoms with Gasteiger partial charge >= 0.3 is 0 Å². The Morgan fingerprint density at radius 1 is 0.850 bits per heavy atom. The molecule has 6 heteroatoms. The molecule has 116 valence electrons. The Morgan fingerprint density at radius 3 is 1.60 bits per heavy atom. The third kappa shape index (κ3) is 5.09. The second-order valence-electron chi connectivity index (χ2n) is 5.41. The van der Waals surface area contributed by atoms with Crippen molar-refractivity contribution in [3.63, 3.8) is 0 Å². The predicted molar refractivity (Wildman–Crippen MR) is 79.5 cm³/mol. The summed E-state index contributed by atoms with van der Waals surface area (Å²) in [5.41, 5.74) is 0. The number of carbonyl (C=O) groups excluding carboxylic acids is 2. The Balaban J connectivity index is 2.32. The highest BCUT2D eigenvalue weighted by molar-refractivity contribution is 5.78. The van der Waals surface area contributed by atoms with E-state index in [1.54, 1.807) is 19.0 Å². The van der Waals surface area contributed by atoms with Gasteiger partial charge in [0.15, 0.2) is 0 Å². The maximum absolute atomic E-state index is 12.0. The summed E-state index contributed by atoms with van der Waals surface area (Å²) in [4.78, 5) is 31.5. The lowest BCUT2D eigenvalue weighted by molar-refractivity contribution is -0.134. The summed E-state index contributed by atoms with van der Waals surface area (Å²) < 4.78 is 0. The Morgan fingerprint density at radius 2 is 1.25 bits per heavy atom. The molecule has 20 heavy (non-hydrogen) atoms. The SMILES string of the molecule is CCN(CC)C(=O)CN1CCN(CC(=O)N(C)C)CC1. The first-order valence-electron chi connectivity index (χ1n) is 7.40.